The van der Waals surface area contributed by atoms with E-state index in [1.54, 1.807) is 31.6 Å². The van der Waals surface area contributed by atoms with Crippen molar-refractivity contribution in [1.29, 1.82) is 0 Å². The molecule has 0 bridgehead atoms. The normalized spacial score (nSPS) is 11.4. The van der Waals surface area contributed by atoms with Crippen molar-refractivity contribution in [2.24, 2.45) is 7.05 Å². The predicted molar refractivity (Wildman–Crippen MR) is 129 cm³/mol. The van der Waals surface area contributed by atoms with E-state index in [-0.39, 0.29) is 16.9 Å². The summed E-state index contributed by atoms with van der Waals surface area (Å²) in [7, 11) is 1.79. The van der Waals surface area contributed by atoms with Crippen molar-refractivity contribution in [1.82, 2.24) is 25.0 Å². The number of aromatic nitrogens is 5. The van der Waals surface area contributed by atoms with Crippen molar-refractivity contribution in [3.8, 4) is 11.3 Å². The van der Waals surface area contributed by atoms with Crippen molar-refractivity contribution in [2.45, 2.75) is 26.4 Å². The van der Waals surface area contributed by atoms with E-state index < -0.39 is 22.9 Å². The molecular formula is C24H24FN7O3. The largest absolute Gasteiger partial charge is 0.384 e. The molecule has 3 aromatic heterocycles. The fraction of sp³-hybridized carbons (Fsp3) is 0.208. The SMILES string of the molecule is Cc1cc(Nc2cc(-c3ccc(F)c(NC(=O)c4ccc(C(C)(C)O)nc4)c3)n[nH]c2=O)nn1C. The highest BCUT2D eigenvalue weighted by Gasteiger charge is 2.19. The Hall–Kier alpha value is -4.38. The smallest absolute Gasteiger partial charge is 0.287 e. The molecule has 0 aliphatic carbocycles. The van der Waals surface area contributed by atoms with Gasteiger partial charge in [-0.2, -0.15) is 10.2 Å². The van der Waals surface area contributed by atoms with Crippen LogP contribution in [0.25, 0.3) is 11.3 Å². The summed E-state index contributed by atoms with van der Waals surface area (Å²) in [5, 5.41) is 26.2. The third-order valence-electron chi connectivity index (χ3n) is 5.34. The summed E-state index contributed by atoms with van der Waals surface area (Å²) in [5.41, 5.74) is 0.862. The lowest BCUT2D eigenvalue weighted by atomic mass is 10.0. The van der Waals surface area contributed by atoms with E-state index in [2.05, 4.69) is 30.9 Å². The minimum absolute atomic E-state index is 0.0677. The number of nitrogens with zero attached hydrogens (tertiary/aromatic N) is 4. The molecular weight excluding hydrogens is 453 g/mol. The molecule has 180 valence electrons. The van der Waals surface area contributed by atoms with Crippen LogP contribution in [0.15, 0.2) is 53.5 Å². The Bertz CT molecular complexity index is 1430. The van der Waals surface area contributed by atoms with Gasteiger partial charge in [0.1, 0.15) is 17.1 Å². The summed E-state index contributed by atoms with van der Waals surface area (Å²) < 4.78 is 16.2. The molecule has 0 unspecified atom stereocenters. The van der Waals surface area contributed by atoms with E-state index >= 15 is 0 Å². The Kier molecular flexibility index (Phi) is 6.18. The predicted octanol–water partition coefficient (Wildman–Crippen LogP) is 3.24. The van der Waals surface area contributed by atoms with E-state index in [9.17, 15) is 19.1 Å². The first-order valence-corrected chi connectivity index (χ1v) is 10.7. The average Bonchev–Trinajstić information content (AvgIpc) is 3.13. The number of rotatable bonds is 6. The molecule has 10 nitrogen and oxygen atoms in total. The van der Waals surface area contributed by atoms with Crippen LogP contribution in [0.4, 0.5) is 21.6 Å². The van der Waals surface area contributed by atoms with Gasteiger partial charge >= 0.3 is 0 Å². The van der Waals surface area contributed by atoms with Crippen LogP contribution in [0.3, 0.4) is 0 Å². The Labute approximate surface area is 199 Å². The van der Waals surface area contributed by atoms with E-state index in [0.717, 1.165) is 5.69 Å². The maximum absolute atomic E-state index is 14.5. The molecule has 0 spiro atoms. The first-order valence-electron chi connectivity index (χ1n) is 10.7. The molecule has 0 atom stereocenters. The zero-order valence-corrected chi connectivity index (χ0v) is 19.5. The van der Waals surface area contributed by atoms with Gasteiger partial charge in [0, 0.05) is 30.6 Å². The zero-order valence-electron chi connectivity index (χ0n) is 19.5. The number of benzene rings is 1. The number of nitrogens with one attached hydrogen (secondary N) is 3. The van der Waals surface area contributed by atoms with Gasteiger partial charge in [0.25, 0.3) is 11.5 Å². The number of carbonyl (C=O) groups excluding carboxylic acids is 1. The lowest BCUT2D eigenvalue weighted by molar-refractivity contribution is 0.0737. The van der Waals surface area contributed by atoms with Crippen LogP contribution >= 0.6 is 0 Å². The minimum Gasteiger partial charge on any atom is -0.384 e. The van der Waals surface area contributed by atoms with Gasteiger partial charge in [0.05, 0.1) is 22.6 Å². The molecule has 0 aliphatic rings. The Morgan fingerprint density at radius 2 is 1.91 bits per heavy atom. The number of hydrogen-bond donors (Lipinski definition) is 4. The summed E-state index contributed by atoms with van der Waals surface area (Å²) in [4.78, 5) is 29.0. The molecule has 4 rings (SSSR count). The second kappa shape index (κ2) is 9.11. The molecule has 0 saturated heterocycles. The Balaban J connectivity index is 1.58. The third kappa shape index (κ3) is 5.25. The molecule has 4 aromatic rings. The molecule has 11 heteroatoms. The summed E-state index contributed by atoms with van der Waals surface area (Å²) in [6.45, 7) is 5.05. The number of hydrogen-bond acceptors (Lipinski definition) is 7. The van der Waals surface area contributed by atoms with Gasteiger partial charge in [0.15, 0.2) is 5.82 Å². The van der Waals surface area contributed by atoms with Crippen molar-refractivity contribution in [3.63, 3.8) is 0 Å². The van der Waals surface area contributed by atoms with Gasteiger partial charge in [-0.15, -0.1) is 0 Å². The first kappa shape index (κ1) is 23.8. The Morgan fingerprint density at radius 3 is 2.54 bits per heavy atom. The lowest BCUT2D eigenvalue weighted by Crippen LogP contribution is -2.19. The number of aliphatic hydroxyl groups is 1. The fourth-order valence-corrected chi connectivity index (χ4v) is 3.27. The molecule has 35 heavy (non-hydrogen) atoms. The quantitative estimate of drug-likeness (QED) is 0.334. The minimum atomic E-state index is -1.15. The van der Waals surface area contributed by atoms with Crippen LogP contribution in [0.5, 0.6) is 0 Å². The van der Waals surface area contributed by atoms with Crippen LogP contribution in [0, 0.1) is 12.7 Å². The van der Waals surface area contributed by atoms with Crippen molar-refractivity contribution < 1.29 is 14.3 Å². The van der Waals surface area contributed by atoms with Crippen molar-refractivity contribution in [3.05, 3.63) is 81.8 Å². The fourth-order valence-electron chi connectivity index (χ4n) is 3.27. The first-order chi connectivity index (χ1) is 16.5. The lowest BCUT2D eigenvalue weighted by Gasteiger charge is -2.16. The van der Waals surface area contributed by atoms with Crippen LogP contribution in [0.1, 0.15) is 35.6 Å². The van der Waals surface area contributed by atoms with Crippen LogP contribution in [-0.2, 0) is 12.6 Å². The summed E-state index contributed by atoms with van der Waals surface area (Å²) in [6, 6.07) is 10.4. The zero-order chi connectivity index (χ0) is 25.3. The van der Waals surface area contributed by atoms with Gasteiger partial charge in [-0.1, -0.05) is 0 Å². The maximum atomic E-state index is 14.5. The number of halogens is 1. The number of aromatic amines is 1. The van der Waals surface area contributed by atoms with Gasteiger partial charge in [-0.25, -0.2) is 9.49 Å². The van der Waals surface area contributed by atoms with Gasteiger partial charge in [-0.3, -0.25) is 19.3 Å². The maximum Gasteiger partial charge on any atom is 0.287 e. The number of carbonyl (C=O) groups is 1. The van der Waals surface area contributed by atoms with Crippen molar-refractivity contribution >= 4 is 23.1 Å². The van der Waals surface area contributed by atoms with E-state index in [1.165, 1.54) is 42.6 Å². The topological polar surface area (TPSA) is 138 Å². The number of aryl methyl sites for hydroxylation is 2. The number of H-pyrrole nitrogens is 1. The van der Waals surface area contributed by atoms with Crippen LogP contribution in [-0.4, -0.2) is 36.0 Å². The highest BCUT2D eigenvalue weighted by molar-refractivity contribution is 6.04. The third-order valence-corrected chi connectivity index (χ3v) is 5.34. The number of anilines is 3. The number of amides is 1. The molecule has 4 N–H and O–H groups in total. The van der Waals surface area contributed by atoms with Crippen LogP contribution < -0.4 is 16.2 Å². The molecule has 1 aromatic carbocycles. The molecule has 0 fully saturated rings. The van der Waals surface area contributed by atoms with E-state index in [4.69, 9.17) is 0 Å². The van der Waals surface area contributed by atoms with Gasteiger partial charge in [0.2, 0.25) is 0 Å². The highest BCUT2D eigenvalue weighted by atomic mass is 19.1. The monoisotopic (exact) mass is 477 g/mol. The van der Waals surface area contributed by atoms with Gasteiger partial charge in [-0.05, 0) is 57.2 Å². The molecule has 0 saturated carbocycles. The van der Waals surface area contributed by atoms with E-state index in [1.807, 2.05) is 6.92 Å². The van der Waals surface area contributed by atoms with Gasteiger partial charge < -0.3 is 15.7 Å². The molecule has 1 amide bonds. The number of pyridine rings is 1. The molecule has 0 radical (unpaired) electrons. The highest BCUT2D eigenvalue weighted by Crippen LogP contribution is 2.25. The summed E-state index contributed by atoms with van der Waals surface area (Å²) in [5.74, 6) is -0.725. The van der Waals surface area contributed by atoms with Crippen molar-refractivity contribution in [2.75, 3.05) is 10.6 Å². The summed E-state index contributed by atoms with van der Waals surface area (Å²) in [6.07, 6.45) is 1.31. The average molecular weight is 478 g/mol. The Morgan fingerprint density at radius 1 is 1.14 bits per heavy atom. The summed E-state index contributed by atoms with van der Waals surface area (Å²) >= 11 is 0. The molecule has 0 aliphatic heterocycles. The second-order valence-corrected chi connectivity index (χ2v) is 8.56. The van der Waals surface area contributed by atoms with Crippen LogP contribution in [0.2, 0.25) is 0 Å². The molecule has 3 heterocycles. The standard InChI is InChI=1S/C24H24FN7O3/c1-13-9-21(31-32(13)4)27-19-11-17(29-30-23(19)34)14-5-7-16(25)18(10-14)28-22(33)15-6-8-20(26-12-15)24(2,3)35/h5-12,35H,1-4H3,(H,28,33)(H,30,34)(H,27,29,31). The second-order valence-electron chi connectivity index (χ2n) is 8.56. The van der Waals surface area contributed by atoms with E-state index in [0.29, 0.717) is 22.8 Å².